The summed E-state index contributed by atoms with van der Waals surface area (Å²) in [5.74, 6) is -0.807. The fourth-order valence-electron chi connectivity index (χ4n) is 1.00. The SMILES string of the molecule is CN(C)C(=O)c1cc(F)cc(Br)c1N. The lowest BCUT2D eigenvalue weighted by Crippen LogP contribution is -2.23. The zero-order valence-electron chi connectivity index (χ0n) is 7.84. The number of carbonyl (C=O) groups is 1. The Morgan fingerprint density at radius 1 is 1.50 bits per heavy atom. The molecule has 0 fully saturated rings. The van der Waals surface area contributed by atoms with Crippen LogP contribution < -0.4 is 5.73 Å². The topological polar surface area (TPSA) is 46.3 Å². The number of carbonyl (C=O) groups excluding carboxylic acids is 1. The maximum atomic E-state index is 13.0. The van der Waals surface area contributed by atoms with Crippen molar-refractivity contribution in [2.75, 3.05) is 19.8 Å². The van der Waals surface area contributed by atoms with Gasteiger partial charge < -0.3 is 10.6 Å². The van der Waals surface area contributed by atoms with Crippen LogP contribution in [-0.4, -0.2) is 24.9 Å². The first-order chi connectivity index (χ1) is 6.43. The maximum Gasteiger partial charge on any atom is 0.255 e. The zero-order chi connectivity index (χ0) is 10.9. The number of nitrogens with zero attached hydrogens (tertiary/aromatic N) is 1. The van der Waals surface area contributed by atoms with Crippen molar-refractivity contribution >= 4 is 27.5 Å². The Morgan fingerprint density at radius 3 is 2.57 bits per heavy atom. The highest BCUT2D eigenvalue weighted by Crippen LogP contribution is 2.25. The number of nitrogen functional groups attached to an aromatic ring is 1. The quantitative estimate of drug-likeness (QED) is 0.784. The van der Waals surface area contributed by atoms with Crippen molar-refractivity contribution in [1.29, 1.82) is 0 Å². The summed E-state index contributed by atoms with van der Waals surface area (Å²) in [6.45, 7) is 0. The van der Waals surface area contributed by atoms with Gasteiger partial charge >= 0.3 is 0 Å². The molecule has 0 atom stereocenters. The minimum Gasteiger partial charge on any atom is -0.397 e. The van der Waals surface area contributed by atoms with Crippen LogP contribution in [0.25, 0.3) is 0 Å². The molecule has 0 aliphatic carbocycles. The Kier molecular flexibility index (Phi) is 3.10. The van der Waals surface area contributed by atoms with Gasteiger partial charge in [-0.25, -0.2) is 4.39 Å². The maximum absolute atomic E-state index is 13.0. The van der Waals surface area contributed by atoms with E-state index in [1.807, 2.05) is 0 Å². The largest absolute Gasteiger partial charge is 0.397 e. The number of benzene rings is 1. The number of rotatable bonds is 1. The standard InChI is InChI=1S/C9H10BrFN2O/c1-13(2)9(14)6-3-5(11)4-7(10)8(6)12/h3-4H,12H2,1-2H3. The van der Waals surface area contributed by atoms with Crippen LogP contribution in [0.1, 0.15) is 10.4 Å². The number of hydrogen-bond donors (Lipinski definition) is 1. The van der Waals surface area contributed by atoms with Crippen LogP contribution in [0.5, 0.6) is 0 Å². The van der Waals surface area contributed by atoms with Gasteiger partial charge in [0.05, 0.1) is 11.3 Å². The van der Waals surface area contributed by atoms with E-state index in [-0.39, 0.29) is 17.2 Å². The molecule has 1 rings (SSSR count). The third-order valence-corrected chi connectivity index (χ3v) is 2.39. The van der Waals surface area contributed by atoms with Crippen molar-refractivity contribution in [2.24, 2.45) is 0 Å². The lowest BCUT2D eigenvalue weighted by molar-refractivity contribution is 0.0828. The first-order valence-corrected chi connectivity index (χ1v) is 4.69. The molecule has 0 unspecified atom stereocenters. The van der Waals surface area contributed by atoms with Gasteiger partial charge in [-0.2, -0.15) is 0 Å². The van der Waals surface area contributed by atoms with Gasteiger partial charge in [0.15, 0.2) is 0 Å². The van der Waals surface area contributed by atoms with Crippen molar-refractivity contribution in [3.63, 3.8) is 0 Å². The number of anilines is 1. The van der Waals surface area contributed by atoms with Gasteiger partial charge in [0.1, 0.15) is 5.82 Å². The molecule has 1 amide bonds. The summed E-state index contributed by atoms with van der Waals surface area (Å²) in [5.41, 5.74) is 6.05. The average molecular weight is 261 g/mol. The number of amides is 1. The van der Waals surface area contributed by atoms with Crippen molar-refractivity contribution in [2.45, 2.75) is 0 Å². The molecular formula is C9H10BrFN2O. The molecule has 1 aromatic carbocycles. The first-order valence-electron chi connectivity index (χ1n) is 3.89. The Balaban J connectivity index is 3.27. The molecular weight excluding hydrogens is 251 g/mol. The Labute approximate surface area is 89.8 Å². The summed E-state index contributed by atoms with van der Waals surface area (Å²) in [4.78, 5) is 12.9. The normalized spacial score (nSPS) is 10.0. The zero-order valence-corrected chi connectivity index (χ0v) is 9.43. The minimum atomic E-state index is -0.490. The molecule has 0 spiro atoms. The highest BCUT2D eigenvalue weighted by atomic mass is 79.9. The van der Waals surface area contributed by atoms with Crippen molar-refractivity contribution in [3.8, 4) is 0 Å². The van der Waals surface area contributed by atoms with Crippen LogP contribution in [0, 0.1) is 5.82 Å². The van der Waals surface area contributed by atoms with Crippen LogP contribution in [-0.2, 0) is 0 Å². The van der Waals surface area contributed by atoms with E-state index in [1.165, 1.54) is 11.0 Å². The van der Waals surface area contributed by atoms with Gasteiger partial charge in [-0.3, -0.25) is 4.79 Å². The first kappa shape index (κ1) is 11.0. The van der Waals surface area contributed by atoms with Crippen molar-refractivity contribution in [3.05, 3.63) is 28.0 Å². The van der Waals surface area contributed by atoms with E-state index in [1.54, 1.807) is 14.1 Å². The number of halogens is 2. The number of nitrogens with two attached hydrogens (primary N) is 1. The van der Waals surface area contributed by atoms with Gasteiger partial charge in [-0.05, 0) is 28.1 Å². The molecule has 2 N–H and O–H groups in total. The van der Waals surface area contributed by atoms with E-state index in [9.17, 15) is 9.18 Å². The summed E-state index contributed by atoms with van der Waals surface area (Å²) in [7, 11) is 3.17. The fraction of sp³-hybridized carbons (Fsp3) is 0.222. The Hall–Kier alpha value is -1.10. The highest BCUT2D eigenvalue weighted by molar-refractivity contribution is 9.10. The summed E-state index contributed by atoms with van der Waals surface area (Å²) in [6, 6.07) is 2.35. The van der Waals surface area contributed by atoms with Gasteiger partial charge in [-0.15, -0.1) is 0 Å². The van der Waals surface area contributed by atoms with Crippen LogP contribution in [0.4, 0.5) is 10.1 Å². The van der Waals surface area contributed by atoms with E-state index < -0.39 is 5.82 Å². The van der Waals surface area contributed by atoms with Gasteiger partial charge in [0.25, 0.3) is 5.91 Å². The second-order valence-corrected chi connectivity index (χ2v) is 3.90. The molecule has 0 saturated carbocycles. The van der Waals surface area contributed by atoms with Crippen molar-refractivity contribution in [1.82, 2.24) is 4.90 Å². The Morgan fingerprint density at radius 2 is 2.07 bits per heavy atom. The third-order valence-electron chi connectivity index (χ3n) is 1.73. The fourth-order valence-corrected chi connectivity index (χ4v) is 1.43. The lowest BCUT2D eigenvalue weighted by atomic mass is 10.1. The van der Waals surface area contributed by atoms with Gasteiger partial charge in [0.2, 0.25) is 0 Å². The van der Waals surface area contributed by atoms with Crippen LogP contribution in [0.2, 0.25) is 0 Å². The molecule has 0 aromatic heterocycles. The second-order valence-electron chi connectivity index (χ2n) is 3.05. The molecule has 76 valence electrons. The molecule has 3 nitrogen and oxygen atoms in total. The lowest BCUT2D eigenvalue weighted by Gasteiger charge is -2.12. The van der Waals surface area contributed by atoms with E-state index in [2.05, 4.69) is 15.9 Å². The Bertz CT molecular complexity index is 379. The van der Waals surface area contributed by atoms with Crippen LogP contribution in [0.15, 0.2) is 16.6 Å². The van der Waals surface area contributed by atoms with Crippen LogP contribution >= 0.6 is 15.9 Å². The average Bonchev–Trinajstić information content (AvgIpc) is 2.09. The molecule has 0 radical (unpaired) electrons. The van der Waals surface area contributed by atoms with Crippen molar-refractivity contribution < 1.29 is 9.18 Å². The van der Waals surface area contributed by atoms with Gasteiger partial charge in [0, 0.05) is 18.6 Å². The van der Waals surface area contributed by atoms with Gasteiger partial charge in [-0.1, -0.05) is 0 Å². The second kappa shape index (κ2) is 3.96. The molecule has 0 saturated heterocycles. The molecule has 14 heavy (non-hydrogen) atoms. The summed E-state index contributed by atoms with van der Waals surface area (Å²) < 4.78 is 13.4. The molecule has 5 heteroatoms. The predicted molar refractivity (Wildman–Crippen MR) is 56.5 cm³/mol. The van der Waals surface area contributed by atoms with E-state index in [0.29, 0.717) is 4.47 Å². The smallest absolute Gasteiger partial charge is 0.255 e. The van der Waals surface area contributed by atoms with Crippen LogP contribution in [0.3, 0.4) is 0 Å². The monoisotopic (exact) mass is 260 g/mol. The molecule has 1 aromatic rings. The minimum absolute atomic E-state index is 0.168. The summed E-state index contributed by atoms with van der Waals surface area (Å²) in [6.07, 6.45) is 0. The predicted octanol–water partition coefficient (Wildman–Crippen LogP) is 1.87. The highest BCUT2D eigenvalue weighted by Gasteiger charge is 2.15. The molecule has 0 bridgehead atoms. The van der Waals surface area contributed by atoms with E-state index in [0.717, 1.165) is 6.07 Å². The van der Waals surface area contributed by atoms with E-state index in [4.69, 9.17) is 5.73 Å². The third kappa shape index (κ3) is 2.04. The number of hydrogen-bond acceptors (Lipinski definition) is 2. The summed E-state index contributed by atoms with van der Waals surface area (Å²) >= 11 is 3.08. The molecule has 0 heterocycles. The summed E-state index contributed by atoms with van der Waals surface area (Å²) in [5, 5.41) is 0. The molecule has 0 aliphatic rings. The molecule has 0 aliphatic heterocycles. The van der Waals surface area contributed by atoms with E-state index >= 15 is 0 Å².